The maximum absolute atomic E-state index is 12.8. The van der Waals surface area contributed by atoms with E-state index in [-0.39, 0.29) is 5.91 Å². The molecule has 0 aliphatic heterocycles. The Balaban J connectivity index is 1.34. The minimum atomic E-state index is -0.172. The standard InChI is InChI=1S/C25H22ClN3O2/c26-22-11-9-21(10-12-22)17-31-24-4-2-1-3-23(24)25(30)28-15-19-5-7-20(8-6-19)16-29-14-13-27-18-29/h1-14,18H,15-17H2,(H,28,30). The summed E-state index contributed by atoms with van der Waals surface area (Å²) in [4.78, 5) is 16.8. The predicted octanol–water partition coefficient (Wildman–Crippen LogP) is 5.09. The average Bonchev–Trinajstić information content (AvgIpc) is 3.31. The van der Waals surface area contributed by atoms with Gasteiger partial charge in [0.25, 0.3) is 5.91 Å². The second-order valence-corrected chi connectivity index (χ2v) is 7.58. The van der Waals surface area contributed by atoms with Gasteiger partial charge in [0.2, 0.25) is 0 Å². The van der Waals surface area contributed by atoms with Crippen LogP contribution in [0, 0.1) is 0 Å². The van der Waals surface area contributed by atoms with Gasteiger partial charge in [-0.2, -0.15) is 0 Å². The van der Waals surface area contributed by atoms with E-state index in [1.165, 1.54) is 5.56 Å². The van der Waals surface area contributed by atoms with Crippen molar-refractivity contribution < 1.29 is 9.53 Å². The van der Waals surface area contributed by atoms with E-state index >= 15 is 0 Å². The van der Waals surface area contributed by atoms with E-state index in [2.05, 4.69) is 22.4 Å². The lowest BCUT2D eigenvalue weighted by atomic mass is 10.1. The molecule has 1 aromatic heterocycles. The third-order valence-electron chi connectivity index (χ3n) is 4.84. The van der Waals surface area contributed by atoms with E-state index < -0.39 is 0 Å². The Kier molecular flexibility index (Phi) is 6.65. The third-order valence-corrected chi connectivity index (χ3v) is 5.09. The predicted molar refractivity (Wildman–Crippen MR) is 121 cm³/mol. The smallest absolute Gasteiger partial charge is 0.255 e. The minimum absolute atomic E-state index is 0.172. The van der Waals surface area contributed by atoms with Crippen molar-refractivity contribution in [2.45, 2.75) is 19.7 Å². The van der Waals surface area contributed by atoms with E-state index in [1.54, 1.807) is 24.7 Å². The Morgan fingerprint density at radius 1 is 0.935 bits per heavy atom. The quantitative estimate of drug-likeness (QED) is 0.422. The number of nitrogens with one attached hydrogen (secondary N) is 1. The summed E-state index contributed by atoms with van der Waals surface area (Å²) in [6.45, 7) is 1.57. The van der Waals surface area contributed by atoms with Crippen molar-refractivity contribution in [3.63, 3.8) is 0 Å². The van der Waals surface area contributed by atoms with E-state index in [9.17, 15) is 4.79 Å². The highest BCUT2D eigenvalue weighted by Crippen LogP contribution is 2.20. The Hall–Kier alpha value is -3.57. The molecule has 1 amide bonds. The first-order chi connectivity index (χ1) is 15.2. The highest BCUT2D eigenvalue weighted by Gasteiger charge is 2.12. The van der Waals surface area contributed by atoms with Crippen LogP contribution >= 0.6 is 11.6 Å². The molecule has 0 aliphatic carbocycles. The Bertz CT molecular complexity index is 1120. The SMILES string of the molecule is O=C(NCc1ccc(Cn2ccnc2)cc1)c1ccccc1OCc1ccc(Cl)cc1. The van der Waals surface area contributed by atoms with Gasteiger partial charge in [0, 0.05) is 30.5 Å². The van der Waals surface area contributed by atoms with Crippen molar-refractivity contribution in [1.82, 2.24) is 14.9 Å². The first kappa shape index (κ1) is 20.7. The molecule has 0 fully saturated rings. The van der Waals surface area contributed by atoms with Crippen LogP contribution in [0.3, 0.4) is 0 Å². The van der Waals surface area contributed by atoms with E-state index in [0.717, 1.165) is 17.7 Å². The highest BCUT2D eigenvalue weighted by atomic mass is 35.5. The molecule has 4 rings (SSSR count). The zero-order valence-electron chi connectivity index (χ0n) is 16.9. The summed E-state index contributed by atoms with van der Waals surface area (Å²) in [5.74, 6) is 0.375. The van der Waals surface area contributed by atoms with Gasteiger partial charge < -0.3 is 14.6 Å². The van der Waals surface area contributed by atoms with Crippen LogP contribution in [0.1, 0.15) is 27.0 Å². The van der Waals surface area contributed by atoms with Gasteiger partial charge in [0.1, 0.15) is 12.4 Å². The van der Waals surface area contributed by atoms with Crippen LogP contribution < -0.4 is 10.1 Å². The number of ether oxygens (including phenoxy) is 1. The lowest BCUT2D eigenvalue weighted by Gasteiger charge is -2.12. The lowest BCUT2D eigenvalue weighted by molar-refractivity contribution is 0.0946. The van der Waals surface area contributed by atoms with Crippen LogP contribution in [0.5, 0.6) is 5.75 Å². The molecule has 4 aromatic rings. The van der Waals surface area contributed by atoms with E-state index in [0.29, 0.717) is 29.5 Å². The third kappa shape index (κ3) is 5.74. The van der Waals surface area contributed by atoms with Crippen LogP contribution in [0.4, 0.5) is 0 Å². The summed E-state index contributed by atoms with van der Waals surface area (Å²) in [5.41, 5.74) is 3.69. The molecule has 1 N–H and O–H groups in total. The fourth-order valence-electron chi connectivity index (χ4n) is 3.15. The Morgan fingerprint density at radius 2 is 1.65 bits per heavy atom. The Labute approximate surface area is 186 Å². The number of aromatic nitrogens is 2. The number of imidazole rings is 1. The topological polar surface area (TPSA) is 56.2 Å². The van der Waals surface area contributed by atoms with Gasteiger partial charge in [0.05, 0.1) is 11.9 Å². The Morgan fingerprint density at radius 3 is 2.39 bits per heavy atom. The normalized spacial score (nSPS) is 10.6. The number of rotatable bonds is 8. The summed E-state index contributed by atoms with van der Waals surface area (Å²) in [6, 6.07) is 22.9. The molecular formula is C25H22ClN3O2. The number of hydrogen-bond acceptors (Lipinski definition) is 3. The molecule has 0 spiro atoms. The molecule has 156 valence electrons. The molecule has 6 heteroatoms. The van der Waals surface area contributed by atoms with E-state index in [4.69, 9.17) is 16.3 Å². The largest absolute Gasteiger partial charge is 0.488 e. The summed E-state index contributed by atoms with van der Waals surface area (Å²) >= 11 is 5.92. The van der Waals surface area contributed by atoms with Gasteiger partial charge in [-0.25, -0.2) is 4.98 Å². The molecule has 0 atom stereocenters. The maximum Gasteiger partial charge on any atom is 0.255 e. The molecule has 0 radical (unpaired) electrons. The molecule has 31 heavy (non-hydrogen) atoms. The van der Waals surface area contributed by atoms with Gasteiger partial charge in [-0.3, -0.25) is 4.79 Å². The fraction of sp³-hybridized carbons (Fsp3) is 0.120. The summed E-state index contributed by atoms with van der Waals surface area (Å²) in [6.07, 6.45) is 5.49. The monoisotopic (exact) mass is 431 g/mol. The van der Waals surface area contributed by atoms with Crippen molar-refractivity contribution in [3.8, 4) is 5.75 Å². The van der Waals surface area contributed by atoms with Gasteiger partial charge in [0.15, 0.2) is 0 Å². The first-order valence-corrected chi connectivity index (χ1v) is 10.3. The maximum atomic E-state index is 12.8. The summed E-state index contributed by atoms with van der Waals surface area (Å²) in [7, 11) is 0. The number of carbonyl (C=O) groups is 1. The molecule has 0 unspecified atom stereocenters. The number of carbonyl (C=O) groups excluding carboxylic acids is 1. The second kappa shape index (κ2) is 9.96. The number of para-hydroxylation sites is 1. The zero-order chi connectivity index (χ0) is 21.5. The number of halogens is 1. The van der Waals surface area contributed by atoms with Crippen LogP contribution in [0.2, 0.25) is 5.02 Å². The molecule has 5 nitrogen and oxygen atoms in total. The van der Waals surface area contributed by atoms with Gasteiger partial charge >= 0.3 is 0 Å². The number of hydrogen-bond donors (Lipinski definition) is 1. The second-order valence-electron chi connectivity index (χ2n) is 7.15. The molecule has 0 saturated carbocycles. The van der Waals surface area contributed by atoms with Crippen molar-refractivity contribution in [2.24, 2.45) is 0 Å². The average molecular weight is 432 g/mol. The molecular weight excluding hydrogens is 410 g/mol. The molecule has 0 aliphatic rings. The van der Waals surface area contributed by atoms with Crippen molar-refractivity contribution in [3.05, 3.63) is 119 Å². The van der Waals surface area contributed by atoms with Crippen LogP contribution in [0.15, 0.2) is 91.5 Å². The molecule has 1 heterocycles. The van der Waals surface area contributed by atoms with Crippen molar-refractivity contribution >= 4 is 17.5 Å². The van der Waals surface area contributed by atoms with Gasteiger partial charge in [-0.15, -0.1) is 0 Å². The van der Waals surface area contributed by atoms with Crippen LogP contribution in [0.25, 0.3) is 0 Å². The molecule has 0 saturated heterocycles. The fourth-order valence-corrected chi connectivity index (χ4v) is 3.28. The van der Waals surface area contributed by atoms with Gasteiger partial charge in [-0.05, 0) is 41.0 Å². The van der Waals surface area contributed by atoms with E-state index in [1.807, 2.05) is 59.3 Å². The number of amides is 1. The number of nitrogens with zero attached hydrogens (tertiary/aromatic N) is 2. The lowest BCUT2D eigenvalue weighted by Crippen LogP contribution is -2.23. The first-order valence-electron chi connectivity index (χ1n) is 9.95. The number of benzene rings is 3. The summed E-state index contributed by atoms with van der Waals surface area (Å²) in [5, 5.41) is 3.65. The zero-order valence-corrected chi connectivity index (χ0v) is 17.6. The molecule has 3 aromatic carbocycles. The van der Waals surface area contributed by atoms with Gasteiger partial charge in [-0.1, -0.05) is 60.1 Å². The minimum Gasteiger partial charge on any atom is -0.488 e. The summed E-state index contributed by atoms with van der Waals surface area (Å²) < 4.78 is 7.90. The van der Waals surface area contributed by atoms with Crippen molar-refractivity contribution in [1.29, 1.82) is 0 Å². The van der Waals surface area contributed by atoms with Crippen LogP contribution in [-0.2, 0) is 19.7 Å². The van der Waals surface area contributed by atoms with Crippen molar-refractivity contribution in [2.75, 3.05) is 0 Å². The molecule has 0 bridgehead atoms. The van der Waals surface area contributed by atoms with Crippen LogP contribution in [-0.4, -0.2) is 15.5 Å². The highest BCUT2D eigenvalue weighted by molar-refractivity contribution is 6.30.